The molecule has 3 N–H and O–H groups in total. The Kier molecular flexibility index (Phi) is 6.06. The van der Waals surface area contributed by atoms with Crippen LogP contribution in [0, 0.1) is 0 Å². The Morgan fingerprint density at radius 2 is 2.00 bits per heavy atom. The van der Waals surface area contributed by atoms with Crippen molar-refractivity contribution in [2.75, 3.05) is 13.1 Å². The SMILES string of the molecule is CC(CNCCc1c[nH]c2ccc(Cl)cc12)NS(=O)(=O)c1ccc2cnccc2c1. The molecule has 156 valence electrons. The number of hydrogen-bond acceptors (Lipinski definition) is 4. The van der Waals surface area contributed by atoms with Crippen molar-refractivity contribution in [3.05, 3.63) is 71.6 Å². The number of halogens is 1. The summed E-state index contributed by atoms with van der Waals surface area (Å²) >= 11 is 6.10. The number of hydrogen-bond donors (Lipinski definition) is 3. The molecule has 2 aromatic carbocycles. The quantitative estimate of drug-likeness (QED) is 0.361. The lowest BCUT2D eigenvalue weighted by Crippen LogP contribution is -2.40. The van der Waals surface area contributed by atoms with Crippen molar-refractivity contribution in [2.24, 2.45) is 0 Å². The molecular formula is C22H23ClN4O2S. The fourth-order valence-corrected chi connectivity index (χ4v) is 4.95. The summed E-state index contributed by atoms with van der Waals surface area (Å²) in [6, 6.07) is 12.4. The number of benzene rings is 2. The Balaban J connectivity index is 1.32. The van der Waals surface area contributed by atoms with Gasteiger partial charge in [0.1, 0.15) is 0 Å². The molecular weight excluding hydrogens is 420 g/mol. The molecule has 0 spiro atoms. The number of sulfonamides is 1. The van der Waals surface area contributed by atoms with Crippen molar-refractivity contribution in [2.45, 2.75) is 24.3 Å². The molecule has 0 aliphatic rings. The number of aromatic amines is 1. The molecule has 4 rings (SSSR count). The van der Waals surface area contributed by atoms with Gasteiger partial charge in [-0.1, -0.05) is 17.7 Å². The van der Waals surface area contributed by atoms with E-state index in [0.717, 1.165) is 34.6 Å². The van der Waals surface area contributed by atoms with Crippen LogP contribution in [0.5, 0.6) is 0 Å². The third kappa shape index (κ3) is 4.65. The summed E-state index contributed by atoms with van der Waals surface area (Å²) in [4.78, 5) is 7.55. The summed E-state index contributed by atoms with van der Waals surface area (Å²) in [7, 11) is -3.59. The maximum Gasteiger partial charge on any atom is 0.240 e. The van der Waals surface area contributed by atoms with Gasteiger partial charge in [0.15, 0.2) is 0 Å². The minimum absolute atomic E-state index is 0.249. The molecule has 0 bridgehead atoms. The van der Waals surface area contributed by atoms with Crippen molar-refractivity contribution in [3.63, 3.8) is 0 Å². The lowest BCUT2D eigenvalue weighted by atomic mass is 10.1. The average Bonchev–Trinajstić information content (AvgIpc) is 3.12. The minimum Gasteiger partial charge on any atom is -0.361 e. The minimum atomic E-state index is -3.59. The maximum absolute atomic E-state index is 12.7. The highest BCUT2D eigenvalue weighted by molar-refractivity contribution is 7.89. The van der Waals surface area contributed by atoms with E-state index in [0.29, 0.717) is 11.6 Å². The molecule has 4 aromatic rings. The van der Waals surface area contributed by atoms with Gasteiger partial charge in [-0.2, -0.15) is 0 Å². The summed E-state index contributed by atoms with van der Waals surface area (Å²) in [5.74, 6) is 0. The highest BCUT2D eigenvalue weighted by Crippen LogP contribution is 2.22. The fraction of sp³-hybridized carbons (Fsp3) is 0.227. The Morgan fingerprint density at radius 1 is 1.13 bits per heavy atom. The summed E-state index contributed by atoms with van der Waals surface area (Å²) in [5, 5.41) is 6.90. The standard InChI is InChI=1S/C22H23ClN4O2S/c1-15(12-24-9-7-18-14-26-22-5-3-19(23)11-21(18)22)27-30(28,29)20-4-2-17-13-25-8-6-16(17)10-20/h2-6,8,10-11,13-15,24,26-27H,7,9,12H2,1H3. The first-order valence-electron chi connectivity index (χ1n) is 9.75. The largest absolute Gasteiger partial charge is 0.361 e. The average molecular weight is 443 g/mol. The van der Waals surface area contributed by atoms with Crippen LogP contribution in [-0.2, 0) is 16.4 Å². The van der Waals surface area contributed by atoms with E-state index in [4.69, 9.17) is 11.6 Å². The topological polar surface area (TPSA) is 86.9 Å². The number of pyridine rings is 1. The van der Waals surface area contributed by atoms with Gasteiger partial charge >= 0.3 is 0 Å². The summed E-state index contributed by atoms with van der Waals surface area (Å²) in [6.07, 6.45) is 6.18. The third-order valence-electron chi connectivity index (χ3n) is 5.03. The van der Waals surface area contributed by atoms with Crippen LogP contribution < -0.4 is 10.0 Å². The smallest absolute Gasteiger partial charge is 0.240 e. The van der Waals surface area contributed by atoms with Crippen LogP contribution >= 0.6 is 11.6 Å². The molecule has 2 aromatic heterocycles. The van der Waals surface area contributed by atoms with Crippen LogP contribution in [0.1, 0.15) is 12.5 Å². The van der Waals surface area contributed by atoms with E-state index in [1.165, 1.54) is 5.56 Å². The molecule has 0 aliphatic heterocycles. The Hall–Kier alpha value is -2.45. The van der Waals surface area contributed by atoms with Crippen LogP contribution in [0.3, 0.4) is 0 Å². The Labute approximate surface area is 180 Å². The lowest BCUT2D eigenvalue weighted by molar-refractivity contribution is 0.537. The van der Waals surface area contributed by atoms with E-state index in [-0.39, 0.29) is 10.9 Å². The maximum atomic E-state index is 12.7. The van der Waals surface area contributed by atoms with E-state index in [1.54, 1.807) is 36.7 Å². The van der Waals surface area contributed by atoms with E-state index < -0.39 is 10.0 Å². The van der Waals surface area contributed by atoms with Crippen molar-refractivity contribution < 1.29 is 8.42 Å². The Morgan fingerprint density at radius 3 is 2.87 bits per heavy atom. The van der Waals surface area contributed by atoms with Gasteiger partial charge in [0.05, 0.1) is 4.90 Å². The van der Waals surface area contributed by atoms with Gasteiger partial charge < -0.3 is 10.3 Å². The first-order chi connectivity index (χ1) is 14.4. The molecule has 0 saturated carbocycles. The number of nitrogens with zero attached hydrogens (tertiary/aromatic N) is 1. The Bertz CT molecular complexity index is 1290. The predicted molar refractivity (Wildman–Crippen MR) is 121 cm³/mol. The highest BCUT2D eigenvalue weighted by atomic mass is 35.5. The second kappa shape index (κ2) is 8.73. The molecule has 0 radical (unpaired) electrons. The van der Waals surface area contributed by atoms with E-state index >= 15 is 0 Å². The van der Waals surface area contributed by atoms with Crippen LogP contribution in [0.25, 0.3) is 21.7 Å². The van der Waals surface area contributed by atoms with Gasteiger partial charge in [-0.3, -0.25) is 4.98 Å². The van der Waals surface area contributed by atoms with Gasteiger partial charge in [-0.05, 0) is 67.2 Å². The zero-order valence-electron chi connectivity index (χ0n) is 16.5. The number of nitrogens with one attached hydrogen (secondary N) is 3. The van der Waals surface area contributed by atoms with Crippen LogP contribution in [0.2, 0.25) is 5.02 Å². The third-order valence-corrected chi connectivity index (χ3v) is 6.85. The summed E-state index contributed by atoms with van der Waals surface area (Å²) < 4.78 is 28.2. The predicted octanol–water partition coefficient (Wildman–Crippen LogP) is 3.87. The van der Waals surface area contributed by atoms with Crippen LogP contribution in [0.4, 0.5) is 0 Å². The van der Waals surface area contributed by atoms with Crippen LogP contribution in [-0.4, -0.2) is 37.5 Å². The zero-order chi connectivity index (χ0) is 21.1. The first kappa shape index (κ1) is 20.8. The lowest BCUT2D eigenvalue weighted by Gasteiger charge is -2.15. The second-order valence-electron chi connectivity index (χ2n) is 7.36. The highest BCUT2D eigenvalue weighted by Gasteiger charge is 2.17. The van der Waals surface area contributed by atoms with E-state index in [2.05, 4.69) is 20.0 Å². The first-order valence-corrected chi connectivity index (χ1v) is 11.6. The number of rotatable bonds is 8. The van der Waals surface area contributed by atoms with Crippen molar-refractivity contribution in [1.29, 1.82) is 0 Å². The number of H-pyrrole nitrogens is 1. The zero-order valence-corrected chi connectivity index (χ0v) is 18.1. The van der Waals surface area contributed by atoms with Gasteiger partial charge in [-0.25, -0.2) is 13.1 Å². The molecule has 30 heavy (non-hydrogen) atoms. The van der Waals surface area contributed by atoms with Crippen molar-refractivity contribution in [1.82, 2.24) is 20.0 Å². The molecule has 1 unspecified atom stereocenters. The molecule has 0 amide bonds. The summed E-state index contributed by atoms with van der Waals surface area (Å²) in [6.45, 7) is 3.11. The molecule has 0 saturated heterocycles. The molecule has 2 heterocycles. The molecule has 6 nitrogen and oxygen atoms in total. The van der Waals surface area contributed by atoms with Gasteiger partial charge in [0, 0.05) is 52.5 Å². The van der Waals surface area contributed by atoms with Gasteiger partial charge in [-0.15, -0.1) is 0 Å². The summed E-state index contributed by atoms with van der Waals surface area (Å²) in [5.41, 5.74) is 2.24. The molecule has 0 aliphatic carbocycles. The molecule has 1 atom stereocenters. The van der Waals surface area contributed by atoms with Gasteiger partial charge in [0.25, 0.3) is 0 Å². The molecule has 8 heteroatoms. The second-order valence-corrected chi connectivity index (χ2v) is 9.52. The fourth-order valence-electron chi connectivity index (χ4n) is 3.50. The van der Waals surface area contributed by atoms with E-state index in [1.807, 2.05) is 31.3 Å². The van der Waals surface area contributed by atoms with Crippen LogP contribution in [0.15, 0.2) is 66.0 Å². The number of aromatic nitrogens is 2. The van der Waals surface area contributed by atoms with Gasteiger partial charge in [0.2, 0.25) is 10.0 Å². The van der Waals surface area contributed by atoms with E-state index in [9.17, 15) is 8.42 Å². The normalized spacial score (nSPS) is 13.1. The monoisotopic (exact) mass is 442 g/mol. The molecule has 0 fully saturated rings. The van der Waals surface area contributed by atoms with Crippen molar-refractivity contribution >= 4 is 43.3 Å². The number of fused-ring (bicyclic) bond motifs is 2. The van der Waals surface area contributed by atoms with Crippen molar-refractivity contribution in [3.8, 4) is 0 Å².